The second-order valence-corrected chi connectivity index (χ2v) is 16.6. The first-order chi connectivity index (χ1) is 31.0. The fraction of sp³-hybridized carbons (Fsp3) is 0.511. The molecule has 4 aliphatic rings. The lowest BCUT2D eigenvalue weighted by Crippen LogP contribution is -2.69. The van der Waals surface area contributed by atoms with Crippen LogP contribution >= 0.6 is 0 Å². The van der Waals surface area contributed by atoms with Crippen LogP contribution in [0.1, 0.15) is 81.8 Å². The standard InChI is InChI=1S/C47H58N4O13/c1-29(42(54)50-34(41(48)53)21-22-37(52)57-25-31-15-7-3-8-16-31)49-43(55)30(2)61-40-38(51-44(56)36-28-60-47(64-36)23-13-6-14-24-47)46(58-26-32-17-9-4-10-18-32)62-35-27-59-45(63-39(35)40)33-19-11-5-12-20-33/h3-5,7-12,15-20,29-30,34-36,38-40,45-46H,6,13-14,21-28H2,1-2H3,(H2,48,53)(H,49,55)(H,50,54)(H,51,56)/t29?,30?,34?,35-,36?,38-,39-,40-,45?,46+/m1/s1. The van der Waals surface area contributed by atoms with E-state index in [4.69, 9.17) is 43.6 Å². The van der Waals surface area contributed by atoms with Gasteiger partial charge in [0.05, 0.1) is 19.8 Å². The van der Waals surface area contributed by atoms with Crippen molar-refractivity contribution < 1.29 is 61.9 Å². The number of carbonyl (C=O) groups is 5. The van der Waals surface area contributed by atoms with Gasteiger partial charge in [-0.2, -0.15) is 0 Å². The van der Waals surface area contributed by atoms with Gasteiger partial charge in [-0.15, -0.1) is 0 Å². The molecule has 5 N–H and O–H groups in total. The zero-order chi connectivity index (χ0) is 45.1. The number of hydrogen-bond donors (Lipinski definition) is 4. The van der Waals surface area contributed by atoms with E-state index in [0.717, 1.165) is 36.0 Å². The molecule has 3 heterocycles. The summed E-state index contributed by atoms with van der Waals surface area (Å²) in [6.07, 6.45) is -2.83. The normalized spacial score (nSPS) is 26.4. The van der Waals surface area contributed by atoms with Crippen molar-refractivity contribution in [2.75, 3.05) is 13.2 Å². The van der Waals surface area contributed by atoms with Gasteiger partial charge in [-0.3, -0.25) is 24.0 Å². The lowest BCUT2D eigenvalue weighted by Gasteiger charge is -2.49. The molecule has 1 spiro atoms. The Labute approximate surface area is 372 Å². The van der Waals surface area contributed by atoms with Gasteiger partial charge >= 0.3 is 5.97 Å². The highest BCUT2D eigenvalue weighted by molar-refractivity contribution is 5.92. The largest absolute Gasteiger partial charge is 0.461 e. The predicted octanol–water partition coefficient (Wildman–Crippen LogP) is 3.38. The van der Waals surface area contributed by atoms with Gasteiger partial charge in [-0.25, -0.2) is 0 Å². The molecule has 64 heavy (non-hydrogen) atoms. The number of carbonyl (C=O) groups excluding carboxylic acids is 5. The summed E-state index contributed by atoms with van der Waals surface area (Å²) < 4.78 is 49.9. The summed E-state index contributed by atoms with van der Waals surface area (Å²) in [6.45, 7) is 3.24. The molecule has 5 unspecified atom stereocenters. The Balaban J connectivity index is 1.05. The smallest absolute Gasteiger partial charge is 0.306 e. The van der Waals surface area contributed by atoms with E-state index in [1.165, 1.54) is 13.8 Å². The topological polar surface area (TPSA) is 221 Å². The minimum absolute atomic E-state index is 0.0540. The van der Waals surface area contributed by atoms with Crippen LogP contribution in [0.5, 0.6) is 0 Å². The van der Waals surface area contributed by atoms with Crippen LogP contribution in [-0.4, -0.2) is 104 Å². The van der Waals surface area contributed by atoms with Crippen molar-refractivity contribution >= 4 is 29.6 Å². The van der Waals surface area contributed by atoms with Crippen molar-refractivity contribution in [1.29, 1.82) is 0 Å². The number of amides is 4. The van der Waals surface area contributed by atoms with Crippen molar-refractivity contribution in [1.82, 2.24) is 16.0 Å². The highest BCUT2D eigenvalue weighted by Gasteiger charge is 2.54. The Hall–Kier alpha value is -5.27. The third kappa shape index (κ3) is 12.3. The number of ether oxygens (including phenoxy) is 8. The molecule has 3 saturated heterocycles. The lowest BCUT2D eigenvalue weighted by atomic mass is 9.94. The van der Waals surface area contributed by atoms with E-state index < -0.39 is 96.6 Å². The van der Waals surface area contributed by atoms with Crippen LogP contribution in [0.3, 0.4) is 0 Å². The number of rotatable bonds is 18. The quantitative estimate of drug-likeness (QED) is 0.135. The van der Waals surface area contributed by atoms with Crippen LogP contribution in [0.25, 0.3) is 0 Å². The molecule has 344 valence electrons. The van der Waals surface area contributed by atoms with Crippen LogP contribution in [0.15, 0.2) is 91.0 Å². The van der Waals surface area contributed by atoms with Crippen LogP contribution in [0.4, 0.5) is 0 Å². The second-order valence-electron chi connectivity index (χ2n) is 16.6. The van der Waals surface area contributed by atoms with E-state index in [9.17, 15) is 24.0 Å². The van der Waals surface area contributed by atoms with Gasteiger partial charge in [0.1, 0.15) is 49.1 Å². The summed E-state index contributed by atoms with van der Waals surface area (Å²) in [5.74, 6) is -4.13. The van der Waals surface area contributed by atoms with Crippen LogP contribution < -0.4 is 21.7 Å². The Morgan fingerprint density at radius 3 is 2.12 bits per heavy atom. The first-order valence-corrected chi connectivity index (χ1v) is 22.0. The SMILES string of the molecule is CC(NC(=O)C(C)O[C@@H]1[C@@H](NC(=O)C2COC3(CCCCC3)O2)[C@@H](OCc2ccccc2)O[C@@H]2COC(c3ccccc3)O[C@@H]12)C(=O)NC(CCC(=O)OCc1ccccc1)C(N)=O. The van der Waals surface area contributed by atoms with Crippen molar-refractivity contribution in [3.63, 3.8) is 0 Å². The molecule has 7 rings (SSSR count). The number of benzene rings is 3. The maximum Gasteiger partial charge on any atom is 0.306 e. The molecular weight excluding hydrogens is 829 g/mol. The Morgan fingerprint density at radius 1 is 0.797 bits per heavy atom. The molecule has 10 atom stereocenters. The summed E-state index contributed by atoms with van der Waals surface area (Å²) in [5, 5.41) is 8.23. The molecule has 4 amide bonds. The average molecular weight is 887 g/mol. The monoisotopic (exact) mass is 886 g/mol. The van der Waals surface area contributed by atoms with Gasteiger partial charge in [0, 0.05) is 24.8 Å². The maximum atomic E-state index is 14.2. The van der Waals surface area contributed by atoms with Crippen LogP contribution in [-0.2, 0) is 75.1 Å². The second kappa shape index (κ2) is 22.1. The van der Waals surface area contributed by atoms with Gasteiger partial charge in [0.2, 0.25) is 17.7 Å². The molecule has 3 aromatic carbocycles. The zero-order valence-electron chi connectivity index (χ0n) is 36.1. The molecule has 1 saturated carbocycles. The number of nitrogens with one attached hydrogen (secondary N) is 3. The average Bonchev–Trinajstić information content (AvgIpc) is 3.73. The van der Waals surface area contributed by atoms with E-state index >= 15 is 0 Å². The predicted molar refractivity (Wildman–Crippen MR) is 227 cm³/mol. The Kier molecular flexibility index (Phi) is 16.1. The summed E-state index contributed by atoms with van der Waals surface area (Å²) in [7, 11) is 0. The number of nitrogens with two attached hydrogens (primary N) is 1. The molecule has 17 nitrogen and oxygen atoms in total. The van der Waals surface area contributed by atoms with Gasteiger partial charge in [-0.1, -0.05) is 97.4 Å². The maximum absolute atomic E-state index is 14.2. The summed E-state index contributed by atoms with van der Waals surface area (Å²) in [4.78, 5) is 66.1. The van der Waals surface area contributed by atoms with Gasteiger partial charge in [0.15, 0.2) is 24.5 Å². The molecule has 3 aliphatic heterocycles. The molecule has 1 aliphatic carbocycles. The molecular formula is C47H58N4O13. The number of hydrogen-bond acceptors (Lipinski definition) is 13. The molecule has 0 aromatic heterocycles. The minimum Gasteiger partial charge on any atom is -0.461 e. The van der Waals surface area contributed by atoms with Crippen LogP contribution in [0, 0.1) is 0 Å². The van der Waals surface area contributed by atoms with Crippen molar-refractivity contribution in [2.45, 2.75) is 139 Å². The zero-order valence-corrected chi connectivity index (χ0v) is 36.1. The number of primary amides is 1. The van der Waals surface area contributed by atoms with E-state index in [1.54, 1.807) is 0 Å². The molecule has 4 fully saturated rings. The Morgan fingerprint density at radius 2 is 1.45 bits per heavy atom. The Bertz CT molecular complexity index is 2020. The van der Waals surface area contributed by atoms with E-state index in [2.05, 4.69) is 16.0 Å². The first-order valence-electron chi connectivity index (χ1n) is 22.0. The molecule has 0 bridgehead atoms. The van der Waals surface area contributed by atoms with Gasteiger partial charge in [0.25, 0.3) is 5.91 Å². The van der Waals surface area contributed by atoms with Crippen LogP contribution in [0.2, 0.25) is 0 Å². The first kappa shape index (κ1) is 46.7. The third-order valence-corrected chi connectivity index (χ3v) is 11.8. The summed E-state index contributed by atoms with van der Waals surface area (Å²) >= 11 is 0. The van der Waals surface area contributed by atoms with Crippen molar-refractivity contribution in [2.24, 2.45) is 5.73 Å². The highest BCUT2D eigenvalue weighted by Crippen LogP contribution is 2.39. The fourth-order valence-electron chi connectivity index (χ4n) is 8.20. The molecule has 3 aromatic rings. The number of fused-ring (bicyclic) bond motifs is 1. The number of esters is 1. The fourth-order valence-corrected chi connectivity index (χ4v) is 8.20. The molecule has 0 radical (unpaired) electrons. The lowest BCUT2D eigenvalue weighted by molar-refractivity contribution is -0.351. The third-order valence-electron chi connectivity index (χ3n) is 11.8. The highest BCUT2D eigenvalue weighted by atomic mass is 16.8. The van der Waals surface area contributed by atoms with Crippen molar-refractivity contribution in [3.8, 4) is 0 Å². The summed E-state index contributed by atoms with van der Waals surface area (Å²) in [5.41, 5.74) is 7.96. The van der Waals surface area contributed by atoms with Gasteiger partial charge < -0.3 is 59.6 Å². The van der Waals surface area contributed by atoms with E-state index in [0.29, 0.717) is 12.8 Å². The van der Waals surface area contributed by atoms with Gasteiger partial charge in [-0.05, 0) is 44.2 Å². The van der Waals surface area contributed by atoms with E-state index in [-0.39, 0.29) is 39.3 Å². The minimum atomic E-state index is -1.24. The van der Waals surface area contributed by atoms with E-state index in [1.807, 2.05) is 91.0 Å². The van der Waals surface area contributed by atoms with Crippen molar-refractivity contribution in [3.05, 3.63) is 108 Å². The molecule has 17 heteroatoms. The summed E-state index contributed by atoms with van der Waals surface area (Å²) in [6, 6.07) is 24.4.